The Kier molecular flexibility index (Phi) is 3.79. The Labute approximate surface area is 147 Å². The second kappa shape index (κ2) is 5.88. The van der Waals surface area contributed by atoms with Crippen LogP contribution in [0.15, 0.2) is 6.20 Å². The van der Waals surface area contributed by atoms with Crippen LogP contribution in [-0.2, 0) is 13.5 Å². The summed E-state index contributed by atoms with van der Waals surface area (Å²) in [6, 6.07) is 0. The summed E-state index contributed by atoms with van der Waals surface area (Å²) >= 11 is 0. The zero-order valence-corrected chi connectivity index (χ0v) is 15.5. The smallest absolute Gasteiger partial charge is 0.111 e. The average molecular weight is 327 g/mol. The van der Waals surface area contributed by atoms with Gasteiger partial charge in [0, 0.05) is 24.9 Å². The van der Waals surface area contributed by atoms with Gasteiger partial charge in [0.1, 0.15) is 5.82 Å². The third kappa shape index (κ3) is 2.65. The van der Waals surface area contributed by atoms with Crippen molar-refractivity contribution in [1.29, 1.82) is 0 Å². The van der Waals surface area contributed by atoms with E-state index in [9.17, 15) is 0 Å². The lowest BCUT2D eigenvalue weighted by molar-refractivity contribution is -0.0571. The number of aryl methyl sites for hydroxylation is 1. The van der Waals surface area contributed by atoms with Crippen molar-refractivity contribution < 1.29 is 0 Å². The molecule has 5 fully saturated rings. The maximum absolute atomic E-state index is 4.87. The van der Waals surface area contributed by atoms with Crippen molar-refractivity contribution in [3.05, 3.63) is 17.7 Å². The van der Waals surface area contributed by atoms with Crippen molar-refractivity contribution in [2.75, 3.05) is 0 Å². The van der Waals surface area contributed by atoms with Crippen LogP contribution in [0.3, 0.4) is 0 Å². The zero-order chi connectivity index (χ0) is 16.1. The van der Waals surface area contributed by atoms with Gasteiger partial charge in [-0.15, -0.1) is 0 Å². The molecule has 6 rings (SSSR count). The Morgan fingerprint density at radius 2 is 1.62 bits per heavy atom. The fourth-order valence-corrected chi connectivity index (χ4v) is 7.42. The van der Waals surface area contributed by atoms with E-state index in [1.54, 1.807) is 38.5 Å². The summed E-state index contributed by atoms with van der Waals surface area (Å²) in [5.41, 5.74) is 2.22. The van der Waals surface area contributed by atoms with Crippen LogP contribution in [0.25, 0.3) is 0 Å². The minimum absolute atomic E-state index is 0.712. The van der Waals surface area contributed by atoms with Crippen molar-refractivity contribution in [3.8, 4) is 0 Å². The molecule has 0 atom stereocenters. The molecule has 0 aliphatic heterocycles. The molecule has 0 radical (unpaired) electrons. The molecule has 2 heteroatoms. The van der Waals surface area contributed by atoms with Crippen LogP contribution < -0.4 is 0 Å². The number of aromatic nitrogens is 2. The first-order valence-corrected chi connectivity index (χ1v) is 10.7. The largest absolute Gasteiger partial charge is 0.335 e. The third-order valence-corrected chi connectivity index (χ3v) is 8.17. The van der Waals surface area contributed by atoms with Crippen molar-refractivity contribution >= 4 is 0 Å². The Balaban J connectivity index is 1.28. The number of imidazole rings is 1. The van der Waals surface area contributed by atoms with Gasteiger partial charge in [0.05, 0.1) is 0 Å². The van der Waals surface area contributed by atoms with E-state index in [-0.39, 0.29) is 0 Å². The maximum atomic E-state index is 4.87. The molecule has 0 unspecified atom stereocenters. The van der Waals surface area contributed by atoms with Crippen LogP contribution >= 0.6 is 0 Å². The van der Waals surface area contributed by atoms with Gasteiger partial charge < -0.3 is 4.57 Å². The molecule has 1 aromatic heterocycles. The second-order valence-corrected chi connectivity index (χ2v) is 9.92. The topological polar surface area (TPSA) is 17.8 Å². The zero-order valence-electron chi connectivity index (χ0n) is 15.5. The molecule has 0 aromatic carbocycles. The van der Waals surface area contributed by atoms with Crippen molar-refractivity contribution in [2.45, 2.75) is 89.4 Å². The van der Waals surface area contributed by atoms with Crippen molar-refractivity contribution in [2.24, 2.45) is 30.2 Å². The van der Waals surface area contributed by atoms with Crippen LogP contribution in [0.4, 0.5) is 0 Å². The number of nitrogens with zero attached hydrogens (tertiary/aromatic N) is 2. The molecule has 5 aliphatic carbocycles. The van der Waals surface area contributed by atoms with Gasteiger partial charge in [0.15, 0.2) is 0 Å². The molecule has 5 aliphatic rings. The van der Waals surface area contributed by atoms with E-state index in [2.05, 4.69) is 17.8 Å². The monoisotopic (exact) mass is 326 g/mol. The van der Waals surface area contributed by atoms with Gasteiger partial charge in [0.2, 0.25) is 0 Å². The molecule has 0 saturated heterocycles. The quantitative estimate of drug-likeness (QED) is 0.702. The first-order chi connectivity index (χ1) is 11.7. The van der Waals surface area contributed by atoms with Crippen molar-refractivity contribution in [3.63, 3.8) is 0 Å². The summed E-state index contributed by atoms with van der Waals surface area (Å²) in [4.78, 5) is 4.87. The van der Waals surface area contributed by atoms with Gasteiger partial charge >= 0.3 is 0 Å². The lowest BCUT2D eigenvalue weighted by atomic mass is 9.48. The number of hydrogen-bond acceptors (Lipinski definition) is 1. The first-order valence-electron chi connectivity index (χ1n) is 10.7. The molecular formula is C22H34N2. The SMILES string of the molecule is Cn1c(CCC23CC4CC(CC(C4)C2)C3)cnc1C1CCCCC1. The normalized spacial score (nSPS) is 38.8. The fraction of sp³-hybridized carbons (Fsp3) is 0.864. The van der Waals surface area contributed by atoms with Gasteiger partial charge in [-0.25, -0.2) is 4.98 Å². The predicted octanol–water partition coefficient (Wildman–Crippen LogP) is 5.62. The second-order valence-electron chi connectivity index (χ2n) is 9.92. The van der Waals surface area contributed by atoms with Gasteiger partial charge in [0.25, 0.3) is 0 Å². The summed E-state index contributed by atoms with van der Waals surface area (Å²) in [5, 5.41) is 0. The molecule has 4 bridgehead atoms. The van der Waals surface area contributed by atoms with Gasteiger partial charge in [-0.1, -0.05) is 19.3 Å². The lowest BCUT2D eigenvalue weighted by Crippen LogP contribution is -2.46. The van der Waals surface area contributed by atoms with Crippen LogP contribution in [0.1, 0.15) is 94.5 Å². The van der Waals surface area contributed by atoms with Gasteiger partial charge in [-0.3, -0.25) is 0 Å². The lowest BCUT2D eigenvalue weighted by Gasteiger charge is -2.57. The Morgan fingerprint density at radius 1 is 1.00 bits per heavy atom. The highest BCUT2D eigenvalue weighted by Crippen LogP contribution is 2.61. The molecule has 0 N–H and O–H groups in total. The van der Waals surface area contributed by atoms with Gasteiger partial charge in [-0.2, -0.15) is 0 Å². The van der Waals surface area contributed by atoms with E-state index in [1.165, 1.54) is 56.5 Å². The average Bonchev–Trinajstić information content (AvgIpc) is 2.93. The van der Waals surface area contributed by atoms with E-state index < -0.39 is 0 Å². The van der Waals surface area contributed by atoms with Crippen molar-refractivity contribution in [1.82, 2.24) is 9.55 Å². The summed E-state index contributed by atoms with van der Waals surface area (Å²) < 4.78 is 2.47. The highest BCUT2D eigenvalue weighted by atomic mass is 15.1. The number of rotatable bonds is 4. The first kappa shape index (κ1) is 15.5. The minimum atomic E-state index is 0.712. The Hall–Kier alpha value is -0.790. The molecule has 132 valence electrons. The summed E-state index contributed by atoms with van der Waals surface area (Å²) in [6.07, 6.45) is 21.2. The van der Waals surface area contributed by atoms with E-state index in [0.29, 0.717) is 5.41 Å². The fourth-order valence-electron chi connectivity index (χ4n) is 7.42. The molecule has 2 nitrogen and oxygen atoms in total. The van der Waals surface area contributed by atoms with Crippen LogP contribution in [-0.4, -0.2) is 9.55 Å². The van der Waals surface area contributed by atoms with Gasteiger partial charge in [-0.05, 0) is 87.4 Å². The summed E-state index contributed by atoms with van der Waals surface area (Å²) in [5.74, 6) is 5.37. The van der Waals surface area contributed by atoms with Crippen LogP contribution in [0, 0.1) is 23.2 Å². The van der Waals surface area contributed by atoms with E-state index in [0.717, 1.165) is 23.7 Å². The molecule has 1 heterocycles. The maximum Gasteiger partial charge on any atom is 0.111 e. The molecular weight excluding hydrogens is 292 g/mol. The molecule has 1 aromatic rings. The highest BCUT2D eigenvalue weighted by Gasteiger charge is 2.50. The Morgan fingerprint density at radius 3 is 2.25 bits per heavy atom. The summed E-state index contributed by atoms with van der Waals surface area (Å²) in [6.45, 7) is 0. The standard InChI is InChI=1S/C22H34N2/c1-24-20(15-23-21(24)19-5-3-2-4-6-19)7-8-22-12-16-9-17(13-22)11-18(10-16)14-22/h15-19H,2-14H2,1H3. The Bertz CT molecular complexity index is 558. The predicted molar refractivity (Wildman–Crippen MR) is 98.0 cm³/mol. The third-order valence-electron chi connectivity index (χ3n) is 8.17. The highest BCUT2D eigenvalue weighted by molar-refractivity contribution is 5.11. The molecule has 5 saturated carbocycles. The van der Waals surface area contributed by atoms with E-state index >= 15 is 0 Å². The molecule has 0 spiro atoms. The van der Waals surface area contributed by atoms with Crippen LogP contribution in [0.5, 0.6) is 0 Å². The van der Waals surface area contributed by atoms with Crippen LogP contribution in [0.2, 0.25) is 0 Å². The molecule has 24 heavy (non-hydrogen) atoms. The summed E-state index contributed by atoms with van der Waals surface area (Å²) in [7, 11) is 2.28. The number of hydrogen-bond donors (Lipinski definition) is 0. The van der Waals surface area contributed by atoms with E-state index in [1.807, 2.05) is 0 Å². The molecule has 0 amide bonds. The van der Waals surface area contributed by atoms with E-state index in [4.69, 9.17) is 4.98 Å². The minimum Gasteiger partial charge on any atom is -0.335 e.